The Labute approximate surface area is 390 Å². The van der Waals surface area contributed by atoms with E-state index in [4.69, 9.17) is 16.3 Å². The van der Waals surface area contributed by atoms with Crippen molar-refractivity contribution in [3.05, 3.63) is 88.1 Å². The van der Waals surface area contributed by atoms with Gasteiger partial charge in [-0.2, -0.15) is 4.98 Å². The van der Waals surface area contributed by atoms with Gasteiger partial charge < -0.3 is 25.6 Å². The number of hydrogen-bond acceptors (Lipinski definition) is 13. The van der Waals surface area contributed by atoms with Gasteiger partial charge in [0.15, 0.2) is 15.7 Å². The molecule has 4 heterocycles. The quantitative estimate of drug-likeness (QED) is 0.0550. The Hall–Kier alpha value is -6.07. The number of carbonyl (C=O) groups excluding carboxylic acids is 5. The number of halogens is 1. The lowest BCUT2D eigenvalue weighted by Crippen LogP contribution is -2.54. The van der Waals surface area contributed by atoms with Gasteiger partial charge in [0.1, 0.15) is 16.8 Å². The number of carbonyl (C=O) groups is 5. The minimum absolute atomic E-state index is 0.0612. The number of aryl methyl sites for hydroxylation is 1. The molecule has 2 fully saturated rings. The molecule has 3 aliphatic rings. The summed E-state index contributed by atoms with van der Waals surface area (Å²) in [6.07, 6.45) is 6.89. The number of piperidine rings is 2. The van der Waals surface area contributed by atoms with E-state index in [2.05, 4.69) is 44.2 Å². The number of benzene rings is 3. The van der Waals surface area contributed by atoms with Crippen molar-refractivity contribution in [1.82, 2.24) is 25.1 Å². The fourth-order valence-electron chi connectivity index (χ4n) is 8.67. The smallest absolute Gasteiger partial charge is 0.264 e. The fraction of sp³-hybridized carbons (Fsp3) is 0.438. The third-order valence-corrected chi connectivity index (χ3v) is 14.7. The van der Waals surface area contributed by atoms with E-state index in [-0.39, 0.29) is 63.6 Å². The highest BCUT2D eigenvalue weighted by molar-refractivity contribution is 7.92. The van der Waals surface area contributed by atoms with Crippen LogP contribution in [0.25, 0.3) is 0 Å². The molecule has 16 nitrogen and oxygen atoms in total. The summed E-state index contributed by atoms with van der Waals surface area (Å²) in [5.74, 6) is -0.644. The fourth-order valence-corrected chi connectivity index (χ4v) is 10.0. The summed E-state index contributed by atoms with van der Waals surface area (Å²) in [7, 11) is -3.59. The summed E-state index contributed by atoms with van der Waals surface area (Å²) in [5, 5.41) is 11.5. The maximum atomic E-state index is 13.4. The molecule has 350 valence electrons. The van der Waals surface area contributed by atoms with Crippen molar-refractivity contribution < 1.29 is 37.1 Å². The molecule has 66 heavy (non-hydrogen) atoms. The van der Waals surface area contributed by atoms with E-state index in [0.717, 1.165) is 54.6 Å². The van der Waals surface area contributed by atoms with E-state index in [0.29, 0.717) is 48.9 Å². The number of aromatic nitrogens is 2. The van der Waals surface area contributed by atoms with E-state index < -0.39 is 44.8 Å². The van der Waals surface area contributed by atoms with Crippen LogP contribution in [0.5, 0.6) is 5.75 Å². The molecule has 4 aromatic rings. The van der Waals surface area contributed by atoms with Crippen molar-refractivity contribution in [2.45, 2.75) is 121 Å². The van der Waals surface area contributed by atoms with Crippen LogP contribution in [-0.2, 0) is 24.2 Å². The Morgan fingerprint density at radius 1 is 0.894 bits per heavy atom. The van der Waals surface area contributed by atoms with Crippen LogP contribution in [0.3, 0.4) is 0 Å². The first-order valence-electron chi connectivity index (χ1n) is 22.6. The molecule has 0 aliphatic carbocycles. The minimum Gasteiger partial charge on any atom is -0.489 e. The Balaban J connectivity index is 0.887. The van der Waals surface area contributed by atoms with Gasteiger partial charge in [0.25, 0.3) is 11.8 Å². The highest BCUT2D eigenvalue weighted by Gasteiger charge is 2.45. The molecular weight excluding hydrogens is 884 g/mol. The normalized spacial score (nSPS) is 16.8. The Morgan fingerprint density at radius 2 is 1.62 bits per heavy atom. The molecular formula is C48H57ClN8O8S. The first-order chi connectivity index (χ1) is 31.5. The van der Waals surface area contributed by atoms with Crippen LogP contribution in [-0.4, -0.2) is 94.8 Å². The lowest BCUT2D eigenvalue weighted by Gasteiger charge is -2.33. The number of nitrogens with zero attached hydrogens (tertiary/aromatic N) is 4. The van der Waals surface area contributed by atoms with Gasteiger partial charge in [-0.3, -0.25) is 34.2 Å². The molecule has 18 heteroatoms. The highest BCUT2D eigenvalue weighted by Crippen LogP contribution is 2.39. The number of fused-ring (bicyclic) bond motifs is 1. The van der Waals surface area contributed by atoms with Gasteiger partial charge >= 0.3 is 0 Å². The number of ether oxygens (including phenoxy) is 1. The standard InChI is InChI=1S/C48H57ClN8O8S/c1-28(2)65-39-26-33(30(5)25-37(39)53-48-51-27-34(49)44(55-48)52-35-14-9-10-16-40(35)66(63,64)29(3)4)31-20-23-56(24-21-31)42(59)17-8-6-7-11-22-50-36-15-12-13-32-43(36)47(62)57(46(32)61)38-18-19-41(58)54-45(38)60/h9-10,12-16,25-29,31,38,50H,6-8,11,17-24H2,1-5H3,(H,54,58,60)(H2,51,52,53,55). The molecule has 1 atom stereocenters. The zero-order valence-corrected chi connectivity index (χ0v) is 39.5. The van der Waals surface area contributed by atoms with Crippen molar-refractivity contribution in [2.75, 3.05) is 35.6 Å². The number of para-hydroxylation sites is 1. The van der Waals surface area contributed by atoms with Gasteiger partial charge in [-0.15, -0.1) is 0 Å². The summed E-state index contributed by atoms with van der Waals surface area (Å²) >= 11 is 6.51. The van der Waals surface area contributed by atoms with Crippen LogP contribution >= 0.6 is 11.6 Å². The van der Waals surface area contributed by atoms with Crippen molar-refractivity contribution >= 4 is 79.8 Å². The number of sulfone groups is 1. The van der Waals surface area contributed by atoms with Gasteiger partial charge in [0, 0.05) is 38.2 Å². The second-order valence-corrected chi connectivity index (χ2v) is 20.4. The highest BCUT2D eigenvalue weighted by atomic mass is 35.5. The number of likely N-dealkylation sites (tertiary alicyclic amines) is 1. The maximum Gasteiger partial charge on any atom is 0.264 e. The Kier molecular flexibility index (Phi) is 15.0. The third-order valence-electron chi connectivity index (χ3n) is 12.2. The number of amides is 5. The predicted molar refractivity (Wildman–Crippen MR) is 253 cm³/mol. The first kappa shape index (κ1) is 47.9. The van der Waals surface area contributed by atoms with E-state index >= 15 is 0 Å². The van der Waals surface area contributed by atoms with Crippen LogP contribution < -0.4 is 26.0 Å². The summed E-state index contributed by atoms with van der Waals surface area (Å²) in [5.41, 5.74) is 4.24. The van der Waals surface area contributed by atoms with E-state index in [1.54, 1.807) is 56.3 Å². The van der Waals surface area contributed by atoms with Crippen LogP contribution in [0.1, 0.15) is 123 Å². The van der Waals surface area contributed by atoms with Gasteiger partial charge in [0.05, 0.1) is 44.9 Å². The molecule has 7 rings (SSSR count). The first-order valence-corrected chi connectivity index (χ1v) is 24.5. The van der Waals surface area contributed by atoms with E-state index in [1.807, 2.05) is 24.8 Å². The van der Waals surface area contributed by atoms with Crippen LogP contribution in [0.2, 0.25) is 5.02 Å². The number of hydrogen-bond donors (Lipinski definition) is 4. The molecule has 0 radical (unpaired) electrons. The zero-order valence-electron chi connectivity index (χ0n) is 37.9. The molecule has 3 aliphatic heterocycles. The van der Waals surface area contributed by atoms with Crippen LogP contribution in [0, 0.1) is 6.92 Å². The number of unbranched alkanes of at least 4 members (excludes halogenated alkanes) is 3. The van der Waals surface area contributed by atoms with Gasteiger partial charge in [-0.1, -0.05) is 42.6 Å². The molecule has 0 saturated carbocycles. The topological polar surface area (TPSA) is 209 Å². The average molecular weight is 942 g/mol. The van der Waals surface area contributed by atoms with Gasteiger partial charge in [-0.05, 0) is 120 Å². The summed E-state index contributed by atoms with van der Waals surface area (Å²) in [4.78, 5) is 76.0. The Bertz CT molecular complexity index is 2630. The largest absolute Gasteiger partial charge is 0.489 e. The van der Waals surface area contributed by atoms with Crippen LogP contribution in [0.4, 0.5) is 28.8 Å². The molecule has 1 unspecified atom stereocenters. The molecule has 5 amide bonds. The van der Waals surface area contributed by atoms with Crippen molar-refractivity contribution in [3.8, 4) is 5.75 Å². The van der Waals surface area contributed by atoms with Crippen molar-refractivity contribution in [2.24, 2.45) is 0 Å². The van der Waals surface area contributed by atoms with Crippen molar-refractivity contribution in [1.29, 1.82) is 0 Å². The molecule has 3 aromatic carbocycles. The second kappa shape index (κ2) is 20.6. The van der Waals surface area contributed by atoms with Gasteiger partial charge in [-0.25, -0.2) is 13.4 Å². The third kappa shape index (κ3) is 10.6. The number of anilines is 5. The summed E-state index contributed by atoms with van der Waals surface area (Å²) in [6.45, 7) is 11.1. The number of nitrogens with one attached hydrogen (secondary N) is 4. The second-order valence-electron chi connectivity index (χ2n) is 17.5. The minimum atomic E-state index is -3.59. The lowest BCUT2D eigenvalue weighted by atomic mass is 9.86. The molecule has 4 N–H and O–H groups in total. The number of rotatable bonds is 18. The predicted octanol–water partition coefficient (Wildman–Crippen LogP) is 8.06. The summed E-state index contributed by atoms with van der Waals surface area (Å²) < 4.78 is 32.5. The Morgan fingerprint density at radius 3 is 2.35 bits per heavy atom. The lowest BCUT2D eigenvalue weighted by molar-refractivity contribution is -0.136. The van der Waals surface area contributed by atoms with E-state index in [1.165, 1.54) is 6.20 Å². The van der Waals surface area contributed by atoms with Crippen LogP contribution in [0.15, 0.2) is 65.7 Å². The molecule has 1 aromatic heterocycles. The average Bonchev–Trinajstić information content (AvgIpc) is 3.54. The molecule has 0 bridgehead atoms. The van der Waals surface area contributed by atoms with Gasteiger partial charge in [0.2, 0.25) is 23.7 Å². The van der Waals surface area contributed by atoms with Crippen molar-refractivity contribution in [3.63, 3.8) is 0 Å². The molecule has 2 saturated heterocycles. The summed E-state index contributed by atoms with van der Waals surface area (Å²) in [6, 6.07) is 14.7. The maximum absolute atomic E-state index is 13.4. The zero-order chi connectivity index (χ0) is 47.3. The van der Waals surface area contributed by atoms with E-state index in [9.17, 15) is 32.4 Å². The SMILES string of the molecule is Cc1cc(Nc2ncc(Cl)c(Nc3ccccc3S(=O)(=O)C(C)C)n2)c(OC(C)C)cc1C1CCN(C(=O)CCCCCCNc2cccc3c2C(=O)N(C2CCC(=O)NC2=O)C3=O)CC1. The number of imide groups is 2. The monoisotopic (exact) mass is 940 g/mol. The molecule has 0 spiro atoms.